The quantitative estimate of drug-likeness (QED) is 0.581. The third kappa shape index (κ3) is 1.82. The highest BCUT2D eigenvalue weighted by Gasteiger charge is 2.55. The van der Waals surface area contributed by atoms with Crippen LogP contribution < -0.4 is 0 Å². The first-order chi connectivity index (χ1) is 6.82. The Morgan fingerprint density at radius 3 is 2.27 bits per heavy atom. The van der Waals surface area contributed by atoms with E-state index in [1.165, 1.54) is 4.90 Å². The molecule has 86 valence electrons. The van der Waals surface area contributed by atoms with E-state index in [2.05, 4.69) is 0 Å². The van der Waals surface area contributed by atoms with Crippen molar-refractivity contribution in [1.29, 1.82) is 0 Å². The van der Waals surface area contributed by atoms with Crippen LogP contribution in [0.25, 0.3) is 0 Å². The van der Waals surface area contributed by atoms with E-state index in [9.17, 15) is 9.18 Å². The second kappa shape index (κ2) is 3.09. The van der Waals surface area contributed by atoms with Crippen LogP contribution in [0.2, 0.25) is 0 Å². The van der Waals surface area contributed by atoms with Gasteiger partial charge in [-0.05, 0) is 33.6 Å². The van der Waals surface area contributed by atoms with Crippen LogP contribution >= 0.6 is 0 Å². The Hall–Kier alpha value is -0.800. The standard InChI is InChI=1S/C11H18FNO2/c1-10(2,3)15-9(14)13-8-4-6-11(13,12)7-5-8/h8H,4-7H2,1-3H3. The summed E-state index contributed by atoms with van der Waals surface area (Å²) in [5.74, 6) is -1.42. The molecular formula is C11H18FNO2. The maximum absolute atomic E-state index is 14.2. The SMILES string of the molecule is CC(C)(C)OC(=O)N1C2CCC1(F)CC2. The van der Waals surface area contributed by atoms with Gasteiger partial charge in [0, 0.05) is 18.9 Å². The molecule has 0 unspecified atom stereocenters. The minimum Gasteiger partial charge on any atom is -0.444 e. The van der Waals surface area contributed by atoms with Gasteiger partial charge in [0.25, 0.3) is 0 Å². The molecule has 15 heavy (non-hydrogen) atoms. The highest BCUT2D eigenvalue weighted by molar-refractivity contribution is 5.70. The first kappa shape index (κ1) is 10.7. The van der Waals surface area contributed by atoms with Gasteiger partial charge in [-0.25, -0.2) is 9.18 Å². The highest BCUT2D eigenvalue weighted by atomic mass is 19.1. The number of carbonyl (C=O) groups excluding carboxylic acids is 1. The predicted molar refractivity (Wildman–Crippen MR) is 54.2 cm³/mol. The van der Waals surface area contributed by atoms with Gasteiger partial charge < -0.3 is 4.74 Å². The van der Waals surface area contributed by atoms with Crippen LogP contribution in [0.15, 0.2) is 0 Å². The fourth-order valence-electron chi connectivity index (χ4n) is 2.49. The molecule has 0 aromatic heterocycles. The number of nitrogens with zero attached hydrogens (tertiary/aromatic N) is 1. The topological polar surface area (TPSA) is 29.5 Å². The van der Waals surface area contributed by atoms with Crippen LogP contribution in [-0.2, 0) is 4.74 Å². The van der Waals surface area contributed by atoms with E-state index in [-0.39, 0.29) is 6.04 Å². The Balaban J connectivity index is 2.09. The van der Waals surface area contributed by atoms with E-state index in [1.54, 1.807) is 20.8 Å². The number of hydrogen-bond donors (Lipinski definition) is 0. The third-order valence-corrected chi connectivity index (χ3v) is 3.11. The van der Waals surface area contributed by atoms with E-state index in [1.807, 2.05) is 0 Å². The lowest BCUT2D eigenvalue weighted by Gasteiger charge is -2.30. The summed E-state index contributed by atoms with van der Waals surface area (Å²) in [7, 11) is 0. The molecule has 1 amide bonds. The summed E-state index contributed by atoms with van der Waals surface area (Å²) in [6.07, 6.45) is 1.99. The molecule has 2 aliphatic heterocycles. The molecule has 2 aliphatic rings. The average molecular weight is 215 g/mol. The monoisotopic (exact) mass is 215 g/mol. The maximum atomic E-state index is 14.2. The Morgan fingerprint density at radius 1 is 1.40 bits per heavy atom. The van der Waals surface area contributed by atoms with Crippen molar-refractivity contribution >= 4 is 6.09 Å². The van der Waals surface area contributed by atoms with Crippen LogP contribution in [0.4, 0.5) is 9.18 Å². The molecule has 2 saturated heterocycles. The molecule has 2 bridgehead atoms. The Kier molecular flexibility index (Phi) is 2.21. The zero-order chi connectivity index (χ0) is 11.3. The van der Waals surface area contributed by atoms with Crippen molar-refractivity contribution < 1.29 is 13.9 Å². The molecule has 3 nitrogen and oxygen atoms in total. The van der Waals surface area contributed by atoms with Crippen molar-refractivity contribution in [2.45, 2.75) is 63.9 Å². The number of alkyl halides is 1. The second-order valence-corrected chi connectivity index (χ2v) is 5.50. The van der Waals surface area contributed by atoms with Crippen LogP contribution in [0.1, 0.15) is 46.5 Å². The number of amides is 1. The van der Waals surface area contributed by atoms with Gasteiger partial charge in [-0.15, -0.1) is 0 Å². The van der Waals surface area contributed by atoms with Gasteiger partial charge in [0.15, 0.2) is 5.79 Å². The molecule has 0 spiro atoms. The van der Waals surface area contributed by atoms with Gasteiger partial charge in [0.05, 0.1) is 0 Å². The minimum absolute atomic E-state index is 0.0600. The van der Waals surface area contributed by atoms with Crippen LogP contribution in [0.3, 0.4) is 0 Å². The molecule has 0 atom stereocenters. The number of rotatable bonds is 0. The Labute approximate surface area is 89.6 Å². The second-order valence-electron chi connectivity index (χ2n) is 5.50. The molecule has 0 N–H and O–H groups in total. The van der Waals surface area contributed by atoms with Gasteiger partial charge in [-0.3, -0.25) is 4.90 Å². The molecule has 2 rings (SSSR count). The van der Waals surface area contributed by atoms with Crippen molar-refractivity contribution in [3.05, 3.63) is 0 Å². The summed E-state index contributed by atoms with van der Waals surface area (Å²) in [4.78, 5) is 13.1. The van der Waals surface area contributed by atoms with E-state index in [4.69, 9.17) is 4.74 Å². The first-order valence-corrected chi connectivity index (χ1v) is 5.53. The minimum atomic E-state index is -1.42. The lowest BCUT2D eigenvalue weighted by Crippen LogP contribution is -2.44. The molecular weight excluding hydrogens is 197 g/mol. The van der Waals surface area contributed by atoms with Gasteiger partial charge in [-0.2, -0.15) is 0 Å². The molecule has 0 aromatic carbocycles. The maximum Gasteiger partial charge on any atom is 0.413 e. The number of carbonyl (C=O) groups is 1. The van der Waals surface area contributed by atoms with Gasteiger partial charge >= 0.3 is 6.09 Å². The molecule has 0 saturated carbocycles. The summed E-state index contributed by atoms with van der Waals surface area (Å²) in [6.45, 7) is 5.40. The van der Waals surface area contributed by atoms with E-state index in [0.29, 0.717) is 12.8 Å². The van der Waals surface area contributed by atoms with Gasteiger partial charge in [0.1, 0.15) is 5.60 Å². The summed E-state index contributed by atoms with van der Waals surface area (Å²) in [6, 6.07) is 0.0600. The Morgan fingerprint density at radius 2 is 1.93 bits per heavy atom. The molecule has 0 radical (unpaired) electrons. The van der Waals surface area contributed by atoms with Crippen molar-refractivity contribution in [2.24, 2.45) is 0 Å². The van der Waals surface area contributed by atoms with Crippen LogP contribution in [0.5, 0.6) is 0 Å². The predicted octanol–water partition coefficient (Wildman–Crippen LogP) is 2.85. The normalized spacial score (nSPS) is 34.7. The van der Waals surface area contributed by atoms with Crippen LogP contribution in [-0.4, -0.2) is 28.4 Å². The Bertz CT molecular complexity index is 277. The summed E-state index contributed by atoms with van der Waals surface area (Å²) < 4.78 is 19.4. The van der Waals surface area contributed by atoms with Crippen LogP contribution in [0, 0.1) is 0 Å². The fraction of sp³-hybridized carbons (Fsp3) is 0.909. The van der Waals surface area contributed by atoms with Gasteiger partial charge in [0.2, 0.25) is 0 Å². The van der Waals surface area contributed by atoms with E-state index >= 15 is 0 Å². The highest BCUT2D eigenvalue weighted by Crippen LogP contribution is 2.47. The largest absolute Gasteiger partial charge is 0.444 e. The van der Waals surface area contributed by atoms with E-state index < -0.39 is 17.5 Å². The third-order valence-electron chi connectivity index (χ3n) is 3.11. The van der Waals surface area contributed by atoms with Crippen molar-refractivity contribution in [1.82, 2.24) is 4.90 Å². The lowest BCUT2D eigenvalue weighted by atomic mass is 9.99. The molecule has 0 aromatic rings. The number of halogens is 1. The molecule has 2 heterocycles. The molecule has 0 aliphatic carbocycles. The fourth-order valence-corrected chi connectivity index (χ4v) is 2.49. The molecule has 4 heteroatoms. The smallest absolute Gasteiger partial charge is 0.413 e. The lowest BCUT2D eigenvalue weighted by molar-refractivity contribution is -0.0239. The molecule has 2 fully saturated rings. The summed E-state index contributed by atoms with van der Waals surface area (Å²) >= 11 is 0. The van der Waals surface area contributed by atoms with E-state index in [0.717, 1.165) is 12.8 Å². The van der Waals surface area contributed by atoms with Gasteiger partial charge in [-0.1, -0.05) is 0 Å². The summed E-state index contributed by atoms with van der Waals surface area (Å²) in [5, 5.41) is 0. The van der Waals surface area contributed by atoms with Crippen molar-refractivity contribution in [3.8, 4) is 0 Å². The first-order valence-electron chi connectivity index (χ1n) is 5.53. The number of hydrogen-bond acceptors (Lipinski definition) is 2. The zero-order valence-electron chi connectivity index (χ0n) is 9.55. The number of ether oxygens (including phenoxy) is 1. The average Bonchev–Trinajstić information content (AvgIpc) is 2.52. The van der Waals surface area contributed by atoms with Crippen molar-refractivity contribution in [3.63, 3.8) is 0 Å². The summed E-state index contributed by atoms with van der Waals surface area (Å²) in [5.41, 5.74) is -0.546. The number of fused-ring (bicyclic) bond motifs is 2. The zero-order valence-corrected chi connectivity index (χ0v) is 9.55. The van der Waals surface area contributed by atoms with Crippen molar-refractivity contribution in [2.75, 3.05) is 0 Å².